The molecule has 0 amide bonds. The number of pyridine rings is 1. The minimum atomic E-state index is 0.0109. The lowest BCUT2D eigenvalue weighted by atomic mass is 10.00. The topological polar surface area (TPSA) is 98.1 Å². The fourth-order valence-corrected chi connectivity index (χ4v) is 3.81. The van der Waals surface area contributed by atoms with Gasteiger partial charge < -0.3 is 0 Å². The number of nitrogens with zero attached hydrogens (tertiary/aromatic N) is 7. The molecule has 0 aliphatic carbocycles. The van der Waals surface area contributed by atoms with Crippen LogP contribution in [0.4, 0.5) is 0 Å². The number of unbranched alkanes of at least 4 members (excludes halogenated alkanes) is 1. The molecule has 0 spiro atoms. The van der Waals surface area contributed by atoms with E-state index in [1.54, 1.807) is 0 Å². The molecule has 3 heterocycles. The van der Waals surface area contributed by atoms with Crippen LogP contribution in [0.15, 0.2) is 42.6 Å². The van der Waals surface area contributed by atoms with Crippen molar-refractivity contribution in [2.24, 2.45) is 5.92 Å². The summed E-state index contributed by atoms with van der Waals surface area (Å²) in [6.07, 6.45) is 5.96. The molecule has 8 heteroatoms. The number of benzene rings is 1. The van der Waals surface area contributed by atoms with Crippen molar-refractivity contribution < 1.29 is 0 Å². The van der Waals surface area contributed by atoms with Gasteiger partial charge >= 0.3 is 0 Å². The molecule has 4 rings (SSSR count). The Kier molecular flexibility index (Phi) is 6.68. The number of hydrogen-bond acceptors (Lipinski definition) is 6. The molecule has 3 aromatic heterocycles. The monoisotopic (exact) mass is 430 g/mol. The molecule has 1 unspecified atom stereocenters. The van der Waals surface area contributed by atoms with Gasteiger partial charge in [-0.2, -0.15) is 10.3 Å². The Balaban J connectivity index is 1.62. The lowest BCUT2D eigenvalue weighted by Gasteiger charge is -2.15. The predicted octanol–water partition coefficient (Wildman–Crippen LogP) is 4.67. The molecule has 0 saturated heterocycles. The second-order valence-electron chi connectivity index (χ2n) is 8.52. The van der Waals surface area contributed by atoms with Gasteiger partial charge in [-0.05, 0) is 36.1 Å². The van der Waals surface area contributed by atoms with Gasteiger partial charge in [0.2, 0.25) is 5.82 Å². The fraction of sp³-hybridized carbons (Fsp3) is 0.417. The summed E-state index contributed by atoms with van der Waals surface area (Å²) in [5.74, 6) is 3.06. The first-order valence-electron chi connectivity index (χ1n) is 11.3. The summed E-state index contributed by atoms with van der Waals surface area (Å²) in [5.41, 5.74) is 3.90. The molecule has 0 aliphatic rings. The summed E-state index contributed by atoms with van der Waals surface area (Å²) in [6.45, 7) is 8.73. The van der Waals surface area contributed by atoms with Gasteiger partial charge in [0.05, 0.1) is 11.7 Å². The molecule has 0 bridgehead atoms. The Morgan fingerprint density at radius 3 is 2.50 bits per heavy atom. The van der Waals surface area contributed by atoms with Crippen LogP contribution >= 0.6 is 0 Å². The Hall–Kier alpha value is -3.42. The van der Waals surface area contributed by atoms with E-state index in [0.29, 0.717) is 11.7 Å². The number of hydrogen-bond donors (Lipinski definition) is 1. The van der Waals surface area contributed by atoms with E-state index in [2.05, 4.69) is 65.1 Å². The minimum Gasteiger partial charge on any atom is -0.258 e. The number of nitrogens with one attached hydrogen (secondary N) is 1. The third-order valence-electron chi connectivity index (χ3n) is 5.50. The van der Waals surface area contributed by atoms with Crippen LogP contribution in [0, 0.1) is 5.92 Å². The summed E-state index contributed by atoms with van der Waals surface area (Å²) in [6, 6.07) is 12.2. The molecule has 32 heavy (non-hydrogen) atoms. The molecule has 0 radical (unpaired) electrons. The molecule has 1 atom stereocenters. The maximum Gasteiger partial charge on any atom is 0.205 e. The molecular weight excluding hydrogens is 400 g/mol. The summed E-state index contributed by atoms with van der Waals surface area (Å²) >= 11 is 0. The van der Waals surface area contributed by atoms with Crippen LogP contribution in [-0.2, 0) is 12.8 Å². The van der Waals surface area contributed by atoms with Gasteiger partial charge in [0, 0.05) is 30.2 Å². The van der Waals surface area contributed by atoms with E-state index >= 15 is 0 Å². The number of tetrazole rings is 1. The molecule has 0 fully saturated rings. The molecule has 1 aromatic carbocycles. The van der Waals surface area contributed by atoms with Crippen molar-refractivity contribution in [1.82, 2.24) is 40.4 Å². The second kappa shape index (κ2) is 9.80. The minimum absolute atomic E-state index is 0.0109. The Morgan fingerprint density at radius 2 is 1.84 bits per heavy atom. The number of aryl methyl sites for hydroxylation is 1. The molecule has 4 aromatic rings. The lowest BCUT2D eigenvalue weighted by Crippen LogP contribution is -2.14. The highest BCUT2D eigenvalue weighted by Gasteiger charge is 2.19. The van der Waals surface area contributed by atoms with Gasteiger partial charge in [0.25, 0.3) is 0 Å². The quantitative estimate of drug-likeness (QED) is 0.414. The van der Waals surface area contributed by atoms with Gasteiger partial charge in [0.1, 0.15) is 5.82 Å². The van der Waals surface area contributed by atoms with E-state index < -0.39 is 0 Å². The smallest absolute Gasteiger partial charge is 0.205 e. The molecule has 8 nitrogen and oxygen atoms in total. The normalized spacial score (nSPS) is 12.4. The van der Waals surface area contributed by atoms with Crippen LogP contribution < -0.4 is 0 Å². The van der Waals surface area contributed by atoms with Crippen LogP contribution in [0.1, 0.15) is 63.9 Å². The van der Waals surface area contributed by atoms with Crippen molar-refractivity contribution in [2.75, 3.05) is 0 Å². The highest BCUT2D eigenvalue weighted by atomic mass is 15.5. The SMILES string of the molecule is CCCCc1nc(CC(C)C)nn1C(C)c1ccc(-c2ccccc2-c2nn[nH]n2)cn1. The zero-order valence-corrected chi connectivity index (χ0v) is 19.2. The first-order valence-corrected chi connectivity index (χ1v) is 11.3. The largest absolute Gasteiger partial charge is 0.258 e. The van der Waals surface area contributed by atoms with E-state index in [1.165, 1.54) is 0 Å². The second-order valence-corrected chi connectivity index (χ2v) is 8.52. The maximum absolute atomic E-state index is 4.85. The zero-order chi connectivity index (χ0) is 22.5. The van der Waals surface area contributed by atoms with Gasteiger partial charge in [-0.25, -0.2) is 9.67 Å². The molecular formula is C24H30N8. The van der Waals surface area contributed by atoms with E-state index in [1.807, 2.05) is 30.5 Å². The van der Waals surface area contributed by atoms with Gasteiger partial charge in [-0.15, -0.1) is 10.2 Å². The molecule has 1 N–H and O–H groups in total. The van der Waals surface area contributed by atoms with Crippen LogP contribution in [0.3, 0.4) is 0 Å². The van der Waals surface area contributed by atoms with E-state index in [4.69, 9.17) is 15.1 Å². The average Bonchev–Trinajstić information content (AvgIpc) is 3.47. The predicted molar refractivity (Wildman–Crippen MR) is 124 cm³/mol. The van der Waals surface area contributed by atoms with Crippen molar-refractivity contribution in [3.05, 3.63) is 59.9 Å². The maximum atomic E-state index is 4.85. The Bertz CT molecular complexity index is 1130. The van der Waals surface area contributed by atoms with Crippen LogP contribution in [-0.4, -0.2) is 40.4 Å². The summed E-state index contributed by atoms with van der Waals surface area (Å²) in [5, 5.41) is 19.3. The lowest BCUT2D eigenvalue weighted by molar-refractivity contribution is 0.509. The third kappa shape index (κ3) is 4.74. The molecule has 0 aliphatic heterocycles. The van der Waals surface area contributed by atoms with Crippen molar-refractivity contribution in [3.8, 4) is 22.5 Å². The van der Waals surface area contributed by atoms with Gasteiger partial charge in [0.15, 0.2) is 5.82 Å². The number of H-pyrrole nitrogens is 1. The molecule has 166 valence electrons. The highest BCUT2D eigenvalue weighted by molar-refractivity contribution is 5.79. The van der Waals surface area contributed by atoms with Crippen LogP contribution in [0.5, 0.6) is 0 Å². The summed E-state index contributed by atoms with van der Waals surface area (Å²) in [4.78, 5) is 9.63. The molecule has 0 saturated carbocycles. The number of rotatable bonds is 9. The third-order valence-corrected chi connectivity index (χ3v) is 5.50. The Labute approximate surface area is 188 Å². The Morgan fingerprint density at radius 1 is 1.03 bits per heavy atom. The van der Waals surface area contributed by atoms with Crippen LogP contribution in [0.25, 0.3) is 22.5 Å². The number of aromatic amines is 1. The number of aromatic nitrogens is 8. The standard InChI is InChI=1S/C24H30N8/c1-5-6-11-23-26-22(14-16(2)3)29-32(23)17(4)21-13-12-18(15-25-21)19-9-7-8-10-20(19)24-27-30-31-28-24/h7-10,12-13,15-17H,5-6,11,14H2,1-4H3,(H,27,28,30,31). The van der Waals surface area contributed by atoms with E-state index in [9.17, 15) is 0 Å². The summed E-state index contributed by atoms with van der Waals surface area (Å²) < 4.78 is 2.06. The first kappa shape index (κ1) is 21.8. The van der Waals surface area contributed by atoms with Crippen molar-refractivity contribution in [1.29, 1.82) is 0 Å². The van der Waals surface area contributed by atoms with Gasteiger partial charge in [-0.1, -0.05) is 57.5 Å². The van der Waals surface area contributed by atoms with Gasteiger partial charge in [-0.3, -0.25) is 4.98 Å². The summed E-state index contributed by atoms with van der Waals surface area (Å²) in [7, 11) is 0. The van der Waals surface area contributed by atoms with Crippen LogP contribution in [0.2, 0.25) is 0 Å². The fourth-order valence-electron chi connectivity index (χ4n) is 3.81. The zero-order valence-electron chi connectivity index (χ0n) is 19.2. The van der Waals surface area contributed by atoms with Crippen molar-refractivity contribution >= 4 is 0 Å². The van der Waals surface area contributed by atoms with E-state index in [-0.39, 0.29) is 6.04 Å². The van der Waals surface area contributed by atoms with Crippen molar-refractivity contribution in [3.63, 3.8) is 0 Å². The first-order chi connectivity index (χ1) is 15.6. The highest BCUT2D eigenvalue weighted by Crippen LogP contribution is 2.30. The van der Waals surface area contributed by atoms with Crippen molar-refractivity contribution in [2.45, 2.75) is 59.4 Å². The van der Waals surface area contributed by atoms with E-state index in [0.717, 1.165) is 59.7 Å². The average molecular weight is 431 g/mol.